The summed E-state index contributed by atoms with van der Waals surface area (Å²) < 4.78 is 0. The van der Waals surface area contributed by atoms with Gasteiger partial charge < -0.3 is 0 Å². The molecule has 0 heteroatoms. The third-order valence-electron chi connectivity index (χ3n) is 8.89. The lowest BCUT2D eigenvalue weighted by atomic mass is 9.86. The molecule has 108 valence electrons. The molecule has 20 heavy (non-hydrogen) atoms. The van der Waals surface area contributed by atoms with E-state index >= 15 is 0 Å². The molecule has 0 aromatic heterocycles. The van der Waals surface area contributed by atoms with Crippen LogP contribution in [0.4, 0.5) is 0 Å². The molecular weight excluding hydrogens is 240 g/mol. The molecule has 0 bridgehead atoms. The van der Waals surface area contributed by atoms with Crippen molar-refractivity contribution in [2.75, 3.05) is 0 Å². The van der Waals surface area contributed by atoms with Crippen molar-refractivity contribution in [1.82, 2.24) is 0 Å². The van der Waals surface area contributed by atoms with Crippen molar-refractivity contribution in [3.63, 3.8) is 0 Å². The molecule has 8 atom stereocenters. The van der Waals surface area contributed by atoms with Crippen molar-refractivity contribution in [2.24, 2.45) is 47.3 Å². The van der Waals surface area contributed by atoms with Gasteiger partial charge in [0, 0.05) is 0 Å². The molecule has 0 saturated heterocycles. The summed E-state index contributed by atoms with van der Waals surface area (Å²) in [6, 6.07) is 0. The molecule has 0 aromatic rings. The lowest BCUT2D eigenvalue weighted by molar-refractivity contribution is 0.359. The van der Waals surface area contributed by atoms with Crippen molar-refractivity contribution < 1.29 is 0 Å². The van der Waals surface area contributed by atoms with Crippen LogP contribution in [-0.2, 0) is 0 Å². The van der Waals surface area contributed by atoms with Gasteiger partial charge in [0.15, 0.2) is 0 Å². The van der Waals surface area contributed by atoms with Crippen LogP contribution in [0.5, 0.6) is 0 Å². The van der Waals surface area contributed by atoms with E-state index in [0.717, 1.165) is 47.3 Å². The quantitative estimate of drug-likeness (QED) is 0.530. The summed E-state index contributed by atoms with van der Waals surface area (Å²) in [4.78, 5) is 0. The zero-order valence-electron chi connectivity index (χ0n) is 12.7. The van der Waals surface area contributed by atoms with E-state index in [1.165, 1.54) is 0 Å². The summed E-state index contributed by atoms with van der Waals surface area (Å²) in [5, 5.41) is 0. The van der Waals surface area contributed by atoms with Crippen LogP contribution in [0.15, 0.2) is 11.1 Å². The van der Waals surface area contributed by atoms with Crippen LogP contribution in [0.25, 0.3) is 0 Å². The van der Waals surface area contributed by atoms with Crippen LogP contribution >= 0.6 is 0 Å². The van der Waals surface area contributed by atoms with Crippen LogP contribution in [-0.4, -0.2) is 0 Å². The first-order valence-electron chi connectivity index (χ1n) is 9.62. The molecule has 6 aliphatic carbocycles. The van der Waals surface area contributed by atoms with E-state index in [2.05, 4.69) is 11.1 Å². The molecular formula is C20H28. The molecule has 6 rings (SSSR count). The van der Waals surface area contributed by atoms with Gasteiger partial charge in [0.1, 0.15) is 0 Å². The van der Waals surface area contributed by atoms with E-state index in [1.807, 2.05) is 0 Å². The number of rotatable bonds is 0. The van der Waals surface area contributed by atoms with Gasteiger partial charge in [-0.2, -0.15) is 0 Å². The van der Waals surface area contributed by atoms with Gasteiger partial charge in [-0.3, -0.25) is 0 Å². The molecule has 0 nitrogen and oxygen atoms in total. The molecule has 0 unspecified atom stereocenters. The smallest absolute Gasteiger partial charge is 0.0166 e. The zero-order chi connectivity index (χ0) is 12.8. The average molecular weight is 268 g/mol. The molecule has 0 amide bonds. The van der Waals surface area contributed by atoms with E-state index in [9.17, 15) is 0 Å². The van der Waals surface area contributed by atoms with Crippen molar-refractivity contribution >= 4 is 0 Å². The topological polar surface area (TPSA) is 0 Å². The fraction of sp³-hybridized carbons (Fsp3) is 0.900. The number of hydrogen-bond acceptors (Lipinski definition) is 0. The third kappa shape index (κ3) is 1.22. The molecule has 0 spiro atoms. The number of allylic oxidation sites excluding steroid dienone is 2. The van der Waals surface area contributed by atoms with Gasteiger partial charge in [0.25, 0.3) is 0 Å². The van der Waals surface area contributed by atoms with E-state index in [1.54, 1.807) is 64.2 Å². The van der Waals surface area contributed by atoms with Gasteiger partial charge in [-0.05, 0) is 112 Å². The summed E-state index contributed by atoms with van der Waals surface area (Å²) in [5.41, 5.74) is 4.14. The maximum atomic E-state index is 2.07. The molecule has 6 fully saturated rings. The minimum Gasteiger partial charge on any atom is -0.0670 e. The lowest BCUT2D eigenvalue weighted by Crippen LogP contribution is -2.11. The molecule has 6 saturated carbocycles. The molecule has 0 N–H and O–H groups in total. The minimum atomic E-state index is 1.08. The first kappa shape index (κ1) is 11.3. The van der Waals surface area contributed by atoms with Gasteiger partial charge >= 0.3 is 0 Å². The van der Waals surface area contributed by atoms with Crippen LogP contribution in [0.2, 0.25) is 0 Å². The Labute approximate surface area is 123 Å². The van der Waals surface area contributed by atoms with Crippen molar-refractivity contribution in [3.05, 3.63) is 11.1 Å². The SMILES string of the molecule is C1C[C@@H]2C/C(=C3/C[C@@H]4CC[C@@H]5CC[C@@H]3[C@H]54)[C@H]3CC[C@@H]1[C@H]23. The normalized spacial score (nSPS) is 62.4. The Morgan fingerprint density at radius 1 is 0.450 bits per heavy atom. The molecule has 6 aliphatic rings. The average Bonchev–Trinajstić information content (AvgIpc) is 3.18. The molecule has 0 aromatic carbocycles. The third-order valence-corrected chi connectivity index (χ3v) is 8.89. The van der Waals surface area contributed by atoms with E-state index in [-0.39, 0.29) is 0 Å². The predicted octanol–water partition coefficient (Wildman–Crippen LogP) is 5.20. The fourth-order valence-electron chi connectivity index (χ4n) is 8.45. The second-order valence-corrected chi connectivity index (χ2v) is 9.18. The predicted molar refractivity (Wildman–Crippen MR) is 81.1 cm³/mol. The van der Waals surface area contributed by atoms with E-state index < -0.39 is 0 Å². The Morgan fingerprint density at radius 3 is 1.35 bits per heavy atom. The van der Waals surface area contributed by atoms with Crippen LogP contribution in [0, 0.1) is 47.3 Å². The Hall–Kier alpha value is -0.260. The molecule has 0 radical (unpaired) electrons. The van der Waals surface area contributed by atoms with E-state index in [4.69, 9.17) is 0 Å². The van der Waals surface area contributed by atoms with Crippen molar-refractivity contribution in [3.8, 4) is 0 Å². The second-order valence-electron chi connectivity index (χ2n) is 9.18. The van der Waals surface area contributed by atoms with Crippen LogP contribution in [0.1, 0.15) is 64.2 Å². The van der Waals surface area contributed by atoms with Gasteiger partial charge in [-0.25, -0.2) is 0 Å². The van der Waals surface area contributed by atoms with Crippen molar-refractivity contribution in [1.29, 1.82) is 0 Å². The molecule has 0 heterocycles. The summed E-state index contributed by atoms with van der Waals surface area (Å²) in [7, 11) is 0. The first-order valence-corrected chi connectivity index (χ1v) is 9.62. The highest BCUT2D eigenvalue weighted by molar-refractivity contribution is 5.33. The van der Waals surface area contributed by atoms with Gasteiger partial charge in [0.2, 0.25) is 0 Å². The largest absolute Gasteiger partial charge is 0.0670 e. The molecule has 0 aliphatic heterocycles. The van der Waals surface area contributed by atoms with Gasteiger partial charge in [-0.15, -0.1) is 0 Å². The summed E-state index contributed by atoms with van der Waals surface area (Å²) in [6.45, 7) is 0. The highest BCUT2D eigenvalue weighted by Gasteiger charge is 2.56. The Bertz CT molecular complexity index is 442. The Morgan fingerprint density at radius 2 is 0.850 bits per heavy atom. The van der Waals surface area contributed by atoms with Gasteiger partial charge in [0.05, 0.1) is 0 Å². The van der Waals surface area contributed by atoms with Crippen LogP contribution < -0.4 is 0 Å². The maximum Gasteiger partial charge on any atom is -0.0166 e. The van der Waals surface area contributed by atoms with E-state index in [0.29, 0.717) is 0 Å². The summed E-state index contributed by atoms with van der Waals surface area (Å²) in [5.74, 6) is 9.06. The first-order chi connectivity index (χ1) is 9.90. The fourth-order valence-corrected chi connectivity index (χ4v) is 8.45. The van der Waals surface area contributed by atoms with Gasteiger partial charge in [-0.1, -0.05) is 11.1 Å². The van der Waals surface area contributed by atoms with Crippen molar-refractivity contribution in [2.45, 2.75) is 64.2 Å². The monoisotopic (exact) mass is 268 g/mol. The highest BCUT2D eigenvalue weighted by atomic mass is 14.6. The Kier molecular flexibility index (Phi) is 2.11. The van der Waals surface area contributed by atoms with Crippen LogP contribution in [0.3, 0.4) is 0 Å². The summed E-state index contributed by atoms with van der Waals surface area (Å²) in [6.07, 6.45) is 15.8. The lowest BCUT2D eigenvalue weighted by Gasteiger charge is -2.19. The summed E-state index contributed by atoms with van der Waals surface area (Å²) >= 11 is 0. The second kappa shape index (κ2) is 3.73. The highest BCUT2D eigenvalue weighted by Crippen LogP contribution is 2.66. The maximum absolute atomic E-state index is 2.07. The minimum absolute atomic E-state index is 1.08. The number of hydrogen-bond donors (Lipinski definition) is 0. The zero-order valence-corrected chi connectivity index (χ0v) is 12.7. The standard InChI is InChI=1S/C20H28/c1-3-13-9-17(15-7-5-11(1)19(13)15)18-10-14-4-2-12-6-8-16(18)20(12)14/h11-16,19-20H,1-10H2/b18-17+/t11-,12-,13-,14+,15-,16+,19-,20-/m1/s1. The Balaban J connectivity index is 1.42.